The molecule has 1 aromatic heterocycles. The van der Waals surface area contributed by atoms with Crippen LogP contribution in [0, 0.1) is 20.8 Å². The Bertz CT molecular complexity index is 1170. The van der Waals surface area contributed by atoms with E-state index in [1.54, 1.807) is 0 Å². The molecule has 0 unspecified atom stereocenters. The number of aromatic nitrogens is 1. The summed E-state index contributed by atoms with van der Waals surface area (Å²) >= 11 is 1.26. The predicted molar refractivity (Wildman–Crippen MR) is 109 cm³/mol. The van der Waals surface area contributed by atoms with E-state index in [-0.39, 0.29) is 5.56 Å². The normalized spacial score (nSPS) is 11.7. The van der Waals surface area contributed by atoms with Crippen LogP contribution in [-0.2, 0) is 9.84 Å². The lowest BCUT2D eigenvalue weighted by atomic mass is 9.99. The average Bonchev–Trinajstić information content (AvgIpc) is 3.12. The van der Waals surface area contributed by atoms with E-state index in [0.717, 1.165) is 34.5 Å². The Morgan fingerprint density at radius 3 is 2.28 bits per heavy atom. The number of benzene rings is 2. The number of hydrogen-bond donors (Lipinski definition) is 1. The highest BCUT2D eigenvalue weighted by atomic mass is 32.2. The zero-order valence-electron chi connectivity index (χ0n) is 15.9. The van der Waals surface area contributed by atoms with Gasteiger partial charge in [-0.2, -0.15) is 8.78 Å². The molecule has 0 aliphatic rings. The van der Waals surface area contributed by atoms with Gasteiger partial charge in [0.25, 0.3) is 5.91 Å². The Labute approximate surface area is 171 Å². The van der Waals surface area contributed by atoms with Crippen LogP contribution >= 0.6 is 11.3 Å². The second-order valence-corrected chi connectivity index (χ2v) is 9.35. The quantitative estimate of drug-likeness (QED) is 0.612. The zero-order chi connectivity index (χ0) is 21.3. The lowest BCUT2D eigenvalue weighted by Crippen LogP contribution is -2.14. The highest BCUT2D eigenvalue weighted by Gasteiger charge is 2.26. The topological polar surface area (TPSA) is 76.1 Å². The van der Waals surface area contributed by atoms with Crippen LogP contribution in [0.25, 0.3) is 11.3 Å². The third-order valence-electron chi connectivity index (χ3n) is 4.52. The van der Waals surface area contributed by atoms with Gasteiger partial charge in [-0.3, -0.25) is 10.1 Å². The van der Waals surface area contributed by atoms with Gasteiger partial charge in [0.15, 0.2) is 5.13 Å². The smallest absolute Gasteiger partial charge is 0.298 e. The third kappa shape index (κ3) is 4.35. The van der Waals surface area contributed by atoms with Crippen molar-refractivity contribution in [2.75, 3.05) is 5.32 Å². The molecule has 3 aromatic rings. The van der Waals surface area contributed by atoms with Crippen LogP contribution in [0.3, 0.4) is 0 Å². The lowest BCUT2D eigenvalue weighted by molar-refractivity contribution is 0.102. The monoisotopic (exact) mass is 436 g/mol. The first-order valence-corrected chi connectivity index (χ1v) is 11.0. The molecule has 0 aliphatic carbocycles. The largest absolute Gasteiger partial charge is 0.341 e. The summed E-state index contributed by atoms with van der Waals surface area (Å²) in [5, 5.41) is 4.87. The van der Waals surface area contributed by atoms with Crippen molar-refractivity contribution in [3.63, 3.8) is 0 Å². The summed E-state index contributed by atoms with van der Waals surface area (Å²) in [5.74, 6) is -4.02. The summed E-state index contributed by atoms with van der Waals surface area (Å²) in [5.41, 5.74) is 5.26. The van der Waals surface area contributed by atoms with E-state index in [0.29, 0.717) is 5.13 Å². The van der Waals surface area contributed by atoms with E-state index in [1.807, 2.05) is 32.2 Å². The van der Waals surface area contributed by atoms with E-state index in [2.05, 4.69) is 16.4 Å². The van der Waals surface area contributed by atoms with E-state index < -0.39 is 26.4 Å². The number of hydrogen-bond acceptors (Lipinski definition) is 5. The molecule has 5 nitrogen and oxygen atoms in total. The molecule has 0 spiro atoms. The second-order valence-electron chi connectivity index (χ2n) is 6.57. The fraction of sp³-hybridized carbons (Fsp3) is 0.200. The molecule has 29 heavy (non-hydrogen) atoms. The van der Waals surface area contributed by atoms with Crippen molar-refractivity contribution >= 4 is 32.2 Å². The molecule has 0 saturated heterocycles. The van der Waals surface area contributed by atoms with Crippen molar-refractivity contribution in [2.24, 2.45) is 0 Å². The maximum absolute atomic E-state index is 12.6. The number of carbonyl (C=O) groups excluding carboxylic acids is 1. The number of anilines is 1. The number of alkyl halides is 2. The molecule has 2 aromatic carbocycles. The molecule has 9 heteroatoms. The van der Waals surface area contributed by atoms with E-state index >= 15 is 0 Å². The van der Waals surface area contributed by atoms with Gasteiger partial charge in [0, 0.05) is 16.5 Å². The molecule has 0 saturated carbocycles. The van der Waals surface area contributed by atoms with Gasteiger partial charge >= 0.3 is 5.76 Å². The Morgan fingerprint density at radius 2 is 1.66 bits per heavy atom. The maximum Gasteiger partial charge on any atom is 0.341 e. The van der Waals surface area contributed by atoms with Gasteiger partial charge in [-0.05, 0) is 67.8 Å². The molecular weight excluding hydrogens is 418 g/mol. The summed E-state index contributed by atoms with van der Waals surface area (Å²) in [6.45, 7) is 6.05. The van der Waals surface area contributed by atoms with Crippen molar-refractivity contribution in [1.29, 1.82) is 0 Å². The number of carbonyl (C=O) groups is 1. The van der Waals surface area contributed by atoms with Crippen LogP contribution in [-0.4, -0.2) is 25.1 Å². The first-order chi connectivity index (χ1) is 13.6. The van der Waals surface area contributed by atoms with Gasteiger partial charge in [0.05, 0.1) is 10.6 Å². The summed E-state index contributed by atoms with van der Waals surface area (Å²) in [6.07, 6.45) is 0. The molecule has 152 valence electrons. The van der Waals surface area contributed by atoms with Gasteiger partial charge in [-0.25, -0.2) is 13.4 Å². The fourth-order valence-corrected chi connectivity index (χ4v) is 4.19. The molecule has 0 bridgehead atoms. The van der Waals surface area contributed by atoms with Gasteiger partial charge < -0.3 is 0 Å². The van der Waals surface area contributed by atoms with Gasteiger partial charge in [-0.15, -0.1) is 11.3 Å². The van der Waals surface area contributed by atoms with Crippen molar-refractivity contribution in [3.8, 4) is 11.3 Å². The number of halogens is 2. The summed E-state index contributed by atoms with van der Waals surface area (Å²) in [6, 6.07) is 8.48. The summed E-state index contributed by atoms with van der Waals surface area (Å²) in [4.78, 5) is 16.3. The average molecular weight is 437 g/mol. The first-order valence-electron chi connectivity index (χ1n) is 8.57. The van der Waals surface area contributed by atoms with Crippen molar-refractivity contribution in [1.82, 2.24) is 4.98 Å². The number of thiazole rings is 1. The second kappa shape index (κ2) is 8.00. The standard InChI is InChI=1S/C20H18F2N2O3S2/c1-11-8-13(3)16(9-12(11)2)17-10-28-20(23-17)24-18(25)14-4-6-15(7-5-14)29(26,27)19(21)22/h4-10,19H,1-3H3,(H,23,24,25). The molecule has 1 N–H and O–H groups in total. The highest BCUT2D eigenvalue weighted by molar-refractivity contribution is 7.91. The van der Waals surface area contributed by atoms with Gasteiger partial charge in [0.1, 0.15) is 0 Å². The lowest BCUT2D eigenvalue weighted by Gasteiger charge is -2.07. The van der Waals surface area contributed by atoms with Crippen LogP contribution in [0.15, 0.2) is 46.7 Å². The number of aryl methyl sites for hydroxylation is 3. The number of nitrogens with one attached hydrogen (secondary N) is 1. The van der Waals surface area contributed by atoms with Crippen LogP contribution < -0.4 is 5.32 Å². The third-order valence-corrected chi connectivity index (χ3v) is 6.68. The molecule has 1 amide bonds. The Morgan fingerprint density at radius 1 is 1.03 bits per heavy atom. The number of nitrogens with zero attached hydrogens (tertiary/aromatic N) is 1. The summed E-state index contributed by atoms with van der Waals surface area (Å²) < 4.78 is 48.1. The minimum absolute atomic E-state index is 0.136. The Hall–Kier alpha value is -2.65. The molecule has 0 radical (unpaired) electrons. The zero-order valence-corrected chi connectivity index (χ0v) is 17.5. The minimum Gasteiger partial charge on any atom is -0.298 e. The van der Waals surface area contributed by atoms with Crippen LogP contribution in [0.5, 0.6) is 0 Å². The number of amides is 1. The molecule has 0 aliphatic heterocycles. The molecular formula is C20H18F2N2O3S2. The molecule has 1 heterocycles. The minimum atomic E-state index is -4.69. The van der Waals surface area contributed by atoms with E-state index in [1.165, 1.54) is 29.0 Å². The number of rotatable bonds is 5. The van der Waals surface area contributed by atoms with E-state index in [4.69, 9.17) is 0 Å². The molecule has 0 atom stereocenters. The Kier molecular flexibility index (Phi) is 5.81. The van der Waals surface area contributed by atoms with Crippen molar-refractivity contribution in [3.05, 3.63) is 64.0 Å². The molecule has 3 rings (SSSR count). The van der Waals surface area contributed by atoms with Crippen LogP contribution in [0.4, 0.5) is 13.9 Å². The Balaban J connectivity index is 1.78. The van der Waals surface area contributed by atoms with Crippen LogP contribution in [0.2, 0.25) is 0 Å². The highest BCUT2D eigenvalue weighted by Crippen LogP contribution is 2.29. The van der Waals surface area contributed by atoms with Crippen molar-refractivity contribution < 1.29 is 22.0 Å². The van der Waals surface area contributed by atoms with Gasteiger partial charge in [-0.1, -0.05) is 6.07 Å². The molecule has 0 fully saturated rings. The summed E-state index contributed by atoms with van der Waals surface area (Å²) in [7, 11) is -4.69. The maximum atomic E-state index is 12.6. The first kappa shape index (κ1) is 21.1. The SMILES string of the molecule is Cc1cc(C)c(-c2csc(NC(=O)c3ccc(S(=O)(=O)C(F)F)cc3)n2)cc1C. The number of sulfone groups is 1. The van der Waals surface area contributed by atoms with E-state index in [9.17, 15) is 22.0 Å². The predicted octanol–water partition coefficient (Wildman–Crippen LogP) is 4.98. The van der Waals surface area contributed by atoms with Gasteiger partial charge in [0.2, 0.25) is 9.84 Å². The fourth-order valence-electron chi connectivity index (χ4n) is 2.76. The van der Waals surface area contributed by atoms with Crippen LogP contribution in [0.1, 0.15) is 27.0 Å². The van der Waals surface area contributed by atoms with Crippen molar-refractivity contribution in [2.45, 2.75) is 31.4 Å².